The molecule has 0 spiro atoms. The van der Waals surface area contributed by atoms with Crippen molar-refractivity contribution in [1.82, 2.24) is 10.2 Å². The molecule has 1 amide bonds. The van der Waals surface area contributed by atoms with Gasteiger partial charge in [0.05, 0.1) is 24.6 Å². The minimum Gasteiger partial charge on any atom is -0.406 e. The summed E-state index contributed by atoms with van der Waals surface area (Å²) in [6.07, 6.45) is -3.22. The molecule has 3 aromatic rings. The number of hydrogen-bond donors (Lipinski definition) is 3. The molecule has 232 valence electrons. The molecule has 0 atom stereocenters. The van der Waals surface area contributed by atoms with Crippen molar-refractivity contribution < 1.29 is 27.4 Å². The van der Waals surface area contributed by atoms with E-state index in [2.05, 4.69) is 48.4 Å². The summed E-state index contributed by atoms with van der Waals surface area (Å²) in [4.78, 5) is 23.7. The molecule has 4 rings (SSSR count). The highest BCUT2D eigenvalue weighted by molar-refractivity contribution is 6.04. The number of anilines is 2. The molecule has 0 unspecified atom stereocenters. The Kier molecular flexibility index (Phi) is 11.1. The van der Waals surface area contributed by atoms with Crippen molar-refractivity contribution in [2.45, 2.75) is 19.8 Å². The first-order valence-electron chi connectivity index (χ1n) is 13.9. The normalized spacial score (nSPS) is 14.6. The van der Waals surface area contributed by atoms with Crippen molar-refractivity contribution in [2.24, 2.45) is 9.98 Å². The lowest BCUT2D eigenvalue weighted by Crippen LogP contribution is -2.35. The first kappa shape index (κ1) is 32.2. The molecule has 0 bridgehead atoms. The van der Waals surface area contributed by atoms with E-state index in [0.717, 1.165) is 55.3 Å². The number of aliphatic imine (C=N–C) groups is 2. The van der Waals surface area contributed by atoms with E-state index < -0.39 is 6.36 Å². The highest BCUT2D eigenvalue weighted by Gasteiger charge is 2.31. The highest BCUT2D eigenvalue weighted by Crippen LogP contribution is 2.26. The van der Waals surface area contributed by atoms with Crippen molar-refractivity contribution in [1.29, 1.82) is 0 Å². The van der Waals surface area contributed by atoms with Crippen molar-refractivity contribution in [2.75, 3.05) is 50.7 Å². The standard InChI is InChI=1S/C32H35F3N6O3/c1-22-4-5-23(20-41-14-16-43-17-15-41)18-28(22)40-31(42)25-6-10-26(11-7-25)39-21-38-19-29(36-2)30(37-3)24-8-12-27(13-9-24)44-32(33,34)35/h4-13,18-19,36,39H,3,14-17,20-21H2,1-2H3,(H,40,42)/b30-29+,38-19-. The molecule has 1 heterocycles. The van der Waals surface area contributed by atoms with Gasteiger partial charge in [-0.1, -0.05) is 12.1 Å². The number of alkyl halides is 3. The number of allylic oxidation sites excluding steroid dienone is 1. The number of benzene rings is 3. The lowest BCUT2D eigenvalue weighted by Gasteiger charge is -2.26. The van der Waals surface area contributed by atoms with Crippen molar-refractivity contribution in [3.63, 3.8) is 0 Å². The van der Waals surface area contributed by atoms with Gasteiger partial charge in [0.15, 0.2) is 0 Å². The number of halogens is 3. The third-order valence-corrected chi connectivity index (χ3v) is 6.85. The second-order valence-electron chi connectivity index (χ2n) is 9.96. The van der Waals surface area contributed by atoms with Gasteiger partial charge in [0.1, 0.15) is 12.4 Å². The topological polar surface area (TPSA) is 99.6 Å². The van der Waals surface area contributed by atoms with Gasteiger partial charge in [-0.3, -0.25) is 19.7 Å². The smallest absolute Gasteiger partial charge is 0.406 e. The number of nitrogens with zero attached hydrogens (tertiary/aromatic N) is 3. The van der Waals surface area contributed by atoms with E-state index in [1.807, 2.05) is 19.1 Å². The average Bonchev–Trinajstić information content (AvgIpc) is 3.01. The number of carbonyl (C=O) groups excluding carboxylic acids is 1. The molecule has 0 aliphatic carbocycles. The molecule has 9 nitrogen and oxygen atoms in total. The number of carbonyl (C=O) groups is 1. The Morgan fingerprint density at radius 3 is 2.36 bits per heavy atom. The number of aryl methyl sites for hydroxylation is 1. The first-order valence-corrected chi connectivity index (χ1v) is 13.9. The number of hydrogen-bond acceptors (Lipinski definition) is 8. The zero-order chi connectivity index (χ0) is 31.5. The van der Waals surface area contributed by atoms with Gasteiger partial charge in [-0.15, -0.1) is 13.2 Å². The van der Waals surface area contributed by atoms with E-state index in [9.17, 15) is 18.0 Å². The predicted molar refractivity (Wildman–Crippen MR) is 167 cm³/mol. The van der Waals surface area contributed by atoms with Crippen LogP contribution in [0.4, 0.5) is 24.5 Å². The molecule has 3 aromatic carbocycles. The Balaban J connectivity index is 1.33. The third kappa shape index (κ3) is 9.41. The van der Waals surface area contributed by atoms with Crippen LogP contribution in [0.5, 0.6) is 5.75 Å². The van der Waals surface area contributed by atoms with Gasteiger partial charge in [-0.25, -0.2) is 0 Å². The largest absolute Gasteiger partial charge is 0.573 e. The van der Waals surface area contributed by atoms with Crippen LogP contribution >= 0.6 is 0 Å². The zero-order valence-corrected chi connectivity index (χ0v) is 24.6. The predicted octanol–water partition coefficient (Wildman–Crippen LogP) is 5.71. The second-order valence-corrected chi connectivity index (χ2v) is 9.96. The van der Waals surface area contributed by atoms with Crippen LogP contribution in [-0.4, -0.2) is 70.1 Å². The maximum absolute atomic E-state index is 13.0. The summed E-state index contributed by atoms with van der Waals surface area (Å²) >= 11 is 0. The lowest BCUT2D eigenvalue weighted by atomic mass is 10.1. The third-order valence-electron chi connectivity index (χ3n) is 6.85. The van der Waals surface area contributed by atoms with Gasteiger partial charge in [-0.05, 0) is 79.4 Å². The summed E-state index contributed by atoms with van der Waals surface area (Å²) < 4.78 is 46.7. The van der Waals surface area contributed by atoms with Crippen LogP contribution < -0.4 is 20.7 Å². The fourth-order valence-corrected chi connectivity index (χ4v) is 4.52. The molecule has 12 heteroatoms. The van der Waals surface area contributed by atoms with Crippen LogP contribution in [0.3, 0.4) is 0 Å². The number of amides is 1. The molecule has 1 aliphatic heterocycles. The zero-order valence-electron chi connectivity index (χ0n) is 24.6. The lowest BCUT2D eigenvalue weighted by molar-refractivity contribution is -0.274. The molecule has 3 N–H and O–H groups in total. The van der Waals surface area contributed by atoms with Crippen LogP contribution in [0.15, 0.2) is 82.4 Å². The van der Waals surface area contributed by atoms with Crippen LogP contribution in [-0.2, 0) is 11.3 Å². The highest BCUT2D eigenvalue weighted by atomic mass is 19.4. The van der Waals surface area contributed by atoms with Crippen molar-refractivity contribution >= 4 is 35.9 Å². The van der Waals surface area contributed by atoms with Crippen LogP contribution in [0.2, 0.25) is 0 Å². The number of ether oxygens (including phenoxy) is 2. The fraction of sp³-hybridized carbons (Fsp3) is 0.281. The summed E-state index contributed by atoms with van der Waals surface area (Å²) in [5.41, 5.74) is 5.64. The van der Waals surface area contributed by atoms with Crippen LogP contribution in [0.1, 0.15) is 27.0 Å². The fourth-order valence-electron chi connectivity index (χ4n) is 4.52. The van der Waals surface area contributed by atoms with Gasteiger partial charge >= 0.3 is 6.36 Å². The van der Waals surface area contributed by atoms with E-state index in [4.69, 9.17) is 4.74 Å². The summed E-state index contributed by atoms with van der Waals surface area (Å²) in [7, 11) is 1.67. The van der Waals surface area contributed by atoms with Gasteiger partial charge in [-0.2, -0.15) is 0 Å². The molecular weight excluding hydrogens is 573 g/mol. The summed E-state index contributed by atoms with van der Waals surface area (Å²) in [5.74, 6) is -0.534. The first-order chi connectivity index (χ1) is 21.1. The number of morpholine rings is 1. The number of nitrogens with one attached hydrogen (secondary N) is 3. The maximum Gasteiger partial charge on any atom is 0.573 e. The van der Waals surface area contributed by atoms with Crippen LogP contribution in [0.25, 0.3) is 5.70 Å². The van der Waals surface area contributed by atoms with E-state index in [0.29, 0.717) is 22.5 Å². The Labute approximate surface area is 254 Å². The Bertz CT molecular complexity index is 1480. The van der Waals surface area contributed by atoms with E-state index in [-0.39, 0.29) is 18.3 Å². The molecule has 1 saturated heterocycles. The van der Waals surface area contributed by atoms with Gasteiger partial charge in [0.25, 0.3) is 5.91 Å². The molecule has 0 aromatic heterocycles. The molecule has 44 heavy (non-hydrogen) atoms. The maximum atomic E-state index is 13.0. The molecule has 0 radical (unpaired) electrons. The Hall–Kier alpha value is -4.68. The van der Waals surface area contributed by atoms with Gasteiger partial charge in [0.2, 0.25) is 0 Å². The van der Waals surface area contributed by atoms with Crippen molar-refractivity contribution in [3.05, 3.63) is 94.7 Å². The van der Waals surface area contributed by atoms with E-state index >= 15 is 0 Å². The van der Waals surface area contributed by atoms with E-state index in [1.54, 1.807) is 37.5 Å². The Morgan fingerprint density at radius 2 is 1.73 bits per heavy atom. The molecule has 0 saturated carbocycles. The molecular formula is C32H35F3N6O3. The monoisotopic (exact) mass is 608 g/mol. The summed E-state index contributed by atoms with van der Waals surface area (Å²) in [6.45, 7) is 9.81. The molecule has 1 fully saturated rings. The minimum atomic E-state index is -4.77. The SMILES string of the molecule is C=N/C(=C(\C=N/CNc1ccc(C(=O)Nc2cc(CN3CCOCC3)ccc2C)cc1)NC)c1ccc(OC(F)(F)F)cc1. The van der Waals surface area contributed by atoms with Crippen LogP contribution in [0, 0.1) is 6.92 Å². The van der Waals surface area contributed by atoms with Crippen molar-refractivity contribution in [3.8, 4) is 5.75 Å². The number of rotatable bonds is 12. The van der Waals surface area contributed by atoms with Gasteiger partial charge < -0.3 is 25.4 Å². The average molecular weight is 609 g/mol. The second kappa shape index (κ2) is 15.2. The van der Waals surface area contributed by atoms with Gasteiger partial charge in [0, 0.05) is 55.4 Å². The minimum absolute atomic E-state index is 0.201. The summed E-state index contributed by atoms with van der Waals surface area (Å²) in [6, 6.07) is 18.5. The Morgan fingerprint density at radius 1 is 1.05 bits per heavy atom. The summed E-state index contributed by atoms with van der Waals surface area (Å²) in [5, 5.41) is 9.16. The molecule has 1 aliphatic rings. The van der Waals surface area contributed by atoms with E-state index in [1.165, 1.54) is 24.3 Å². The quantitative estimate of drug-likeness (QED) is 0.228.